The molecule has 0 radical (unpaired) electrons. The molecule has 2 aromatic rings. The molecule has 1 fully saturated rings. The maximum atomic E-state index is 13.1. The van der Waals surface area contributed by atoms with Crippen molar-refractivity contribution in [1.82, 2.24) is 10.6 Å². The number of anilines is 1. The van der Waals surface area contributed by atoms with Crippen LogP contribution in [0.2, 0.25) is 0 Å². The van der Waals surface area contributed by atoms with E-state index in [0.717, 1.165) is 36.1 Å². The number of benzodiazepines with no additional fused rings is 1. The summed E-state index contributed by atoms with van der Waals surface area (Å²) < 4.78 is 0. The smallest absolute Gasteiger partial charge is 0.272 e. The molecule has 0 unspecified atom stereocenters. The number of nitrogens with zero attached hydrogens (tertiary/aromatic N) is 2. The number of carbonyl (C=O) groups excluding carboxylic acids is 3. The monoisotopic (exact) mass is 418 g/mol. The summed E-state index contributed by atoms with van der Waals surface area (Å²) in [5, 5.41) is 5.47. The highest BCUT2D eigenvalue weighted by Gasteiger charge is 2.33. The maximum absolute atomic E-state index is 13.1. The molecule has 160 valence electrons. The van der Waals surface area contributed by atoms with Crippen LogP contribution in [0.25, 0.3) is 0 Å². The molecule has 1 saturated carbocycles. The molecule has 4 rings (SSSR count). The molecule has 2 aromatic carbocycles. The number of aliphatic imine (C=N–C) groups is 1. The molecule has 1 aliphatic carbocycles. The third-order valence-electron chi connectivity index (χ3n) is 5.90. The average Bonchev–Trinajstić information content (AvgIpc) is 2.84. The summed E-state index contributed by atoms with van der Waals surface area (Å²) in [4.78, 5) is 44.3. The van der Waals surface area contributed by atoms with E-state index >= 15 is 0 Å². The molecule has 1 aliphatic heterocycles. The zero-order valence-corrected chi connectivity index (χ0v) is 17.7. The predicted octanol–water partition coefficient (Wildman–Crippen LogP) is 2.25. The minimum Gasteiger partial charge on any atom is -0.344 e. The maximum Gasteiger partial charge on any atom is 0.272 e. The Hall–Kier alpha value is -3.48. The number of carbonyl (C=O) groups is 3. The molecule has 2 N–H and O–H groups in total. The van der Waals surface area contributed by atoms with Gasteiger partial charge in [0.25, 0.3) is 5.91 Å². The van der Waals surface area contributed by atoms with Gasteiger partial charge in [0, 0.05) is 24.1 Å². The van der Waals surface area contributed by atoms with Crippen molar-refractivity contribution < 1.29 is 14.4 Å². The number of rotatable bonds is 5. The summed E-state index contributed by atoms with van der Waals surface area (Å²) in [6.07, 6.45) is 1.66. The Morgan fingerprint density at radius 1 is 1.06 bits per heavy atom. The van der Waals surface area contributed by atoms with E-state index in [9.17, 15) is 14.4 Å². The summed E-state index contributed by atoms with van der Waals surface area (Å²) >= 11 is 0. The molecule has 2 atom stereocenters. The number of hydrogen-bond donors (Lipinski definition) is 2. The molecule has 7 heteroatoms. The summed E-state index contributed by atoms with van der Waals surface area (Å²) in [6.45, 7) is 1.62. The fourth-order valence-corrected chi connectivity index (χ4v) is 3.77. The Labute approximate surface area is 181 Å². The van der Waals surface area contributed by atoms with Crippen LogP contribution in [0.1, 0.15) is 37.3 Å². The van der Waals surface area contributed by atoms with E-state index in [1.807, 2.05) is 54.6 Å². The Balaban J connectivity index is 1.61. The Morgan fingerprint density at radius 2 is 1.74 bits per heavy atom. The lowest BCUT2D eigenvalue weighted by Crippen LogP contribution is -2.53. The van der Waals surface area contributed by atoms with Crippen molar-refractivity contribution in [2.45, 2.75) is 38.4 Å². The molecular weight excluding hydrogens is 392 g/mol. The van der Waals surface area contributed by atoms with Gasteiger partial charge in [-0.2, -0.15) is 0 Å². The zero-order chi connectivity index (χ0) is 22.0. The summed E-state index contributed by atoms with van der Waals surface area (Å²) in [6, 6.07) is 16.3. The van der Waals surface area contributed by atoms with Crippen LogP contribution in [0, 0.1) is 5.92 Å². The van der Waals surface area contributed by atoms with Crippen LogP contribution in [-0.2, 0) is 14.4 Å². The van der Waals surface area contributed by atoms with E-state index in [-0.39, 0.29) is 17.7 Å². The first-order chi connectivity index (χ1) is 15.0. The normalized spacial score (nSPS) is 19.4. The second-order valence-electron chi connectivity index (χ2n) is 8.03. The Bertz CT molecular complexity index is 1030. The SMILES string of the molecule is C[C@H](NC(=O)C1CCC1)C(=O)N[C@H]1N=C(c2ccccc2)c2ccccc2N(C)C1=O. The van der Waals surface area contributed by atoms with E-state index in [4.69, 9.17) is 0 Å². The molecule has 3 amide bonds. The third-order valence-corrected chi connectivity index (χ3v) is 5.90. The van der Waals surface area contributed by atoms with Gasteiger partial charge in [-0.05, 0) is 25.8 Å². The lowest BCUT2D eigenvalue weighted by atomic mass is 9.84. The molecule has 0 saturated heterocycles. The number of hydrogen-bond acceptors (Lipinski definition) is 4. The van der Waals surface area contributed by atoms with E-state index in [0.29, 0.717) is 5.71 Å². The minimum absolute atomic E-state index is 0.0156. The van der Waals surface area contributed by atoms with Gasteiger partial charge in [0.2, 0.25) is 18.0 Å². The van der Waals surface area contributed by atoms with Crippen LogP contribution in [0.3, 0.4) is 0 Å². The van der Waals surface area contributed by atoms with E-state index in [2.05, 4.69) is 15.6 Å². The van der Waals surface area contributed by atoms with Crippen molar-refractivity contribution in [3.63, 3.8) is 0 Å². The number of para-hydroxylation sites is 1. The summed E-state index contributed by atoms with van der Waals surface area (Å²) in [7, 11) is 1.67. The fraction of sp³-hybridized carbons (Fsp3) is 0.333. The number of fused-ring (bicyclic) bond motifs is 1. The highest BCUT2D eigenvalue weighted by Crippen LogP contribution is 2.27. The fourth-order valence-electron chi connectivity index (χ4n) is 3.77. The molecule has 2 aliphatic rings. The van der Waals surface area contributed by atoms with Crippen molar-refractivity contribution in [1.29, 1.82) is 0 Å². The van der Waals surface area contributed by atoms with Crippen molar-refractivity contribution >= 4 is 29.1 Å². The lowest BCUT2D eigenvalue weighted by molar-refractivity contribution is -0.133. The van der Waals surface area contributed by atoms with Crippen LogP contribution in [0.15, 0.2) is 59.6 Å². The Kier molecular flexibility index (Phi) is 5.84. The molecular formula is C24H26N4O3. The molecule has 0 spiro atoms. The number of amides is 3. The highest BCUT2D eigenvalue weighted by atomic mass is 16.2. The quantitative estimate of drug-likeness (QED) is 0.780. The van der Waals surface area contributed by atoms with Crippen molar-refractivity contribution in [2.24, 2.45) is 10.9 Å². The highest BCUT2D eigenvalue weighted by molar-refractivity contribution is 6.20. The van der Waals surface area contributed by atoms with Gasteiger partial charge in [-0.25, -0.2) is 4.99 Å². The molecule has 7 nitrogen and oxygen atoms in total. The number of benzene rings is 2. The second kappa shape index (κ2) is 8.71. The first kappa shape index (κ1) is 20.8. The first-order valence-electron chi connectivity index (χ1n) is 10.6. The van der Waals surface area contributed by atoms with Crippen LogP contribution >= 0.6 is 0 Å². The first-order valence-corrected chi connectivity index (χ1v) is 10.6. The predicted molar refractivity (Wildman–Crippen MR) is 119 cm³/mol. The standard InChI is InChI=1S/C24H26N4O3/c1-15(25-23(30)17-11-8-12-17)22(29)27-21-24(31)28(2)19-14-7-6-13-18(19)20(26-21)16-9-4-3-5-10-16/h3-7,9-10,13-15,17,21H,8,11-12H2,1-2H3,(H,25,30)(H,27,29)/t15-,21+/m0/s1. The van der Waals surface area contributed by atoms with Gasteiger partial charge < -0.3 is 15.5 Å². The van der Waals surface area contributed by atoms with Gasteiger partial charge >= 0.3 is 0 Å². The van der Waals surface area contributed by atoms with Crippen LogP contribution < -0.4 is 15.5 Å². The van der Waals surface area contributed by atoms with Crippen molar-refractivity contribution in [3.8, 4) is 0 Å². The van der Waals surface area contributed by atoms with Gasteiger partial charge in [-0.3, -0.25) is 14.4 Å². The summed E-state index contributed by atoms with van der Waals surface area (Å²) in [5.74, 6) is -0.914. The largest absolute Gasteiger partial charge is 0.344 e. The van der Waals surface area contributed by atoms with Crippen LogP contribution in [-0.4, -0.2) is 42.7 Å². The van der Waals surface area contributed by atoms with Gasteiger partial charge in [-0.15, -0.1) is 0 Å². The second-order valence-corrected chi connectivity index (χ2v) is 8.03. The van der Waals surface area contributed by atoms with Crippen LogP contribution in [0.4, 0.5) is 5.69 Å². The number of likely N-dealkylation sites (N-methyl/N-ethyl adjacent to an activating group) is 1. The van der Waals surface area contributed by atoms with Crippen LogP contribution in [0.5, 0.6) is 0 Å². The molecule has 0 bridgehead atoms. The van der Waals surface area contributed by atoms with Gasteiger partial charge in [-0.1, -0.05) is 55.0 Å². The molecule has 0 aromatic heterocycles. The van der Waals surface area contributed by atoms with Gasteiger partial charge in [0.1, 0.15) is 6.04 Å². The van der Waals surface area contributed by atoms with Gasteiger partial charge in [0.05, 0.1) is 11.4 Å². The van der Waals surface area contributed by atoms with E-state index < -0.39 is 18.1 Å². The summed E-state index contributed by atoms with van der Waals surface area (Å²) in [5.41, 5.74) is 3.01. The third kappa shape index (κ3) is 4.21. The van der Waals surface area contributed by atoms with Crippen molar-refractivity contribution in [3.05, 3.63) is 65.7 Å². The van der Waals surface area contributed by atoms with E-state index in [1.54, 1.807) is 14.0 Å². The Morgan fingerprint density at radius 3 is 2.42 bits per heavy atom. The topological polar surface area (TPSA) is 90.9 Å². The molecule has 31 heavy (non-hydrogen) atoms. The van der Waals surface area contributed by atoms with E-state index in [1.165, 1.54) is 4.90 Å². The van der Waals surface area contributed by atoms with Gasteiger partial charge in [0.15, 0.2) is 0 Å². The lowest BCUT2D eigenvalue weighted by Gasteiger charge is -2.26. The average molecular weight is 418 g/mol. The number of nitrogens with one attached hydrogen (secondary N) is 2. The zero-order valence-electron chi connectivity index (χ0n) is 17.7. The minimum atomic E-state index is -1.09. The molecule has 1 heterocycles. The van der Waals surface area contributed by atoms with Crippen molar-refractivity contribution in [2.75, 3.05) is 11.9 Å².